The summed E-state index contributed by atoms with van der Waals surface area (Å²) in [5, 5.41) is 9.62. The molecule has 0 bridgehead atoms. The maximum absolute atomic E-state index is 14.4. The number of rotatable bonds is 5. The Balaban J connectivity index is 2.16. The molecule has 0 amide bonds. The number of nitrogens with zero attached hydrogens (tertiary/aromatic N) is 1. The molecule has 108 valence electrons. The van der Waals surface area contributed by atoms with E-state index in [1.807, 2.05) is 0 Å². The van der Waals surface area contributed by atoms with Crippen LogP contribution in [0.2, 0.25) is 0 Å². The van der Waals surface area contributed by atoms with Gasteiger partial charge in [0.15, 0.2) is 11.3 Å². The summed E-state index contributed by atoms with van der Waals surface area (Å²) in [6, 6.07) is 8.35. The third-order valence-electron chi connectivity index (χ3n) is 4.19. The summed E-state index contributed by atoms with van der Waals surface area (Å²) in [6.07, 6.45) is 1.56. The molecule has 1 saturated carbocycles. The first kappa shape index (κ1) is 14.7. The van der Waals surface area contributed by atoms with E-state index in [-0.39, 0.29) is 17.5 Å². The molecule has 20 heavy (non-hydrogen) atoms. The van der Waals surface area contributed by atoms with Crippen molar-refractivity contribution in [3.05, 3.63) is 35.9 Å². The predicted octanol–water partition coefficient (Wildman–Crippen LogP) is 2.70. The van der Waals surface area contributed by atoms with Crippen LogP contribution < -0.4 is 0 Å². The Kier molecular flexibility index (Phi) is 4.18. The second kappa shape index (κ2) is 5.71. The topological polar surface area (TPSA) is 57.6 Å². The first-order valence-corrected chi connectivity index (χ1v) is 6.73. The highest BCUT2D eigenvalue weighted by Gasteiger charge is 2.53. The molecular weight excluding hydrogens is 261 g/mol. The van der Waals surface area contributed by atoms with Crippen molar-refractivity contribution in [1.29, 1.82) is 0 Å². The normalized spacial score (nSPS) is 25.9. The van der Waals surface area contributed by atoms with E-state index >= 15 is 0 Å². The highest BCUT2D eigenvalue weighted by Crippen LogP contribution is 2.40. The number of Topliss-reactive ketones (excluding diaryl/α,β-unsaturated/α-hetero) is 1. The molecular formula is C15H18FNO3. The second-order valence-electron chi connectivity index (χ2n) is 5.33. The molecule has 1 fully saturated rings. The van der Waals surface area contributed by atoms with Crippen molar-refractivity contribution in [3.63, 3.8) is 0 Å². The molecule has 1 aliphatic carbocycles. The van der Waals surface area contributed by atoms with Crippen molar-refractivity contribution in [2.75, 3.05) is 6.54 Å². The summed E-state index contributed by atoms with van der Waals surface area (Å²) >= 11 is 0. The van der Waals surface area contributed by atoms with E-state index in [2.05, 4.69) is 0 Å². The van der Waals surface area contributed by atoms with Crippen molar-refractivity contribution in [3.8, 4) is 0 Å². The number of carbonyl (C=O) groups is 2. The molecule has 2 rings (SSSR count). The maximum Gasteiger partial charge on any atom is 0.327 e. The number of hydrogen-bond donors (Lipinski definition) is 1. The molecule has 5 heteroatoms. The number of carboxylic acids is 1. The average Bonchev–Trinajstić information content (AvgIpc) is 2.82. The van der Waals surface area contributed by atoms with Gasteiger partial charge in [-0.2, -0.15) is 0 Å². The van der Waals surface area contributed by atoms with Gasteiger partial charge in [-0.1, -0.05) is 43.7 Å². The Labute approximate surface area is 117 Å². The molecule has 0 heterocycles. The molecule has 0 spiro atoms. The Morgan fingerprint density at radius 3 is 2.55 bits per heavy atom. The van der Waals surface area contributed by atoms with Crippen LogP contribution in [0.4, 0.5) is 4.48 Å². The van der Waals surface area contributed by atoms with E-state index in [9.17, 15) is 19.2 Å². The molecule has 0 saturated heterocycles. The van der Waals surface area contributed by atoms with Crippen molar-refractivity contribution >= 4 is 11.8 Å². The fourth-order valence-corrected chi connectivity index (χ4v) is 2.93. The third kappa shape index (κ3) is 2.45. The second-order valence-corrected chi connectivity index (χ2v) is 5.33. The van der Waals surface area contributed by atoms with Crippen molar-refractivity contribution in [2.24, 2.45) is 5.92 Å². The molecule has 4 nitrogen and oxygen atoms in total. The smallest absolute Gasteiger partial charge is 0.327 e. The summed E-state index contributed by atoms with van der Waals surface area (Å²) in [4.78, 5) is 23.5. The SMILES string of the molecule is CC1CCCC1(C(=O)O)N(F)CC(=O)c1ccccc1. The predicted molar refractivity (Wildman–Crippen MR) is 72.0 cm³/mol. The number of benzene rings is 1. The molecule has 1 N–H and O–H groups in total. The number of hydrogen-bond acceptors (Lipinski definition) is 3. The average molecular weight is 279 g/mol. The van der Waals surface area contributed by atoms with E-state index in [4.69, 9.17) is 0 Å². The van der Waals surface area contributed by atoms with Gasteiger partial charge in [0.25, 0.3) is 0 Å². The largest absolute Gasteiger partial charge is 0.480 e. The summed E-state index contributed by atoms with van der Waals surface area (Å²) in [5.74, 6) is -1.91. The molecule has 1 aromatic rings. The Morgan fingerprint density at radius 2 is 2.05 bits per heavy atom. The Morgan fingerprint density at radius 1 is 1.40 bits per heavy atom. The zero-order valence-electron chi connectivity index (χ0n) is 11.4. The van der Waals surface area contributed by atoms with Crippen LogP contribution >= 0.6 is 0 Å². The fraction of sp³-hybridized carbons (Fsp3) is 0.467. The van der Waals surface area contributed by atoms with E-state index in [1.54, 1.807) is 37.3 Å². The van der Waals surface area contributed by atoms with Crippen LogP contribution in [0.3, 0.4) is 0 Å². The quantitative estimate of drug-likeness (QED) is 0.665. The van der Waals surface area contributed by atoms with Crippen molar-refractivity contribution in [1.82, 2.24) is 5.12 Å². The lowest BCUT2D eigenvalue weighted by atomic mass is 9.87. The van der Waals surface area contributed by atoms with Crippen LogP contribution in [-0.4, -0.2) is 34.1 Å². The summed E-state index contributed by atoms with van der Waals surface area (Å²) in [5.41, 5.74) is -1.17. The summed E-state index contributed by atoms with van der Waals surface area (Å²) in [6.45, 7) is 1.20. The van der Waals surface area contributed by atoms with Crippen LogP contribution in [0.15, 0.2) is 30.3 Å². The summed E-state index contributed by atoms with van der Waals surface area (Å²) < 4.78 is 14.4. The van der Waals surface area contributed by atoms with E-state index < -0.39 is 23.8 Å². The molecule has 1 aromatic carbocycles. The number of aliphatic carboxylic acids is 1. The van der Waals surface area contributed by atoms with Crippen LogP contribution in [0, 0.1) is 5.92 Å². The van der Waals surface area contributed by atoms with Crippen molar-refractivity contribution < 1.29 is 19.2 Å². The van der Waals surface area contributed by atoms with Gasteiger partial charge in [0.1, 0.15) is 0 Å². The number of halogens is 1. The fourth-order valence-electron chi connectivity index (χ4n) is 2.93. The molecule has 0 aromatic heterocycles. The standard InChI is InChI=1S/C15H18FNO3/c1-11-6-5-9-15(11,14(19)20)17(16)10-13(18)12-7-3-2-4-8-12/h2-4,7-8,11H,5-6,9-10H2,1H3,(H,19,20). The zero-order chi connectivity index (χ0) is 14.8. The lowest BCUT2D eigenvalue weighted by Crippen LogP contribution is -2.54. The van der Waals surface area contributed by atoms with Gasteiger partial charge < -0.3 is 5.11 Å². The number of carboxylic acid groups (broad SMARTS) is 1. The van der Waals surface area contributed by atoms with Gasteiger partial charge in [0.2, 0.25) is 0 Å². The Bertz CT molecular complexity index is 505. The first-order chi connectivity index (χ1) is 9.48. The zero-order valence-corrected chi connectivity index (χ0v) is 11.4. The van der Waals surface area contributed by atoms with Gasteiger partial charge in [-0.15, -0.1) is 9.60 Å². The number of ketones is 1. The maximum atomic E-state index is 14.4. The van der Waals surface area contributed by atoms with Gasteiger partial charge in [-0.05, 0) is 18.8 Å². The molecule has 2 atom stereocenters. The lowest BCUT2D eigenvalue weighted by molar-refractivity contribution is -0.170. The molecule has 1 aliphatic rings. The van der Waals surface area contributed by atoms with Crippen LogP contribution in [0.5, 0.6) is 0 Å². The third-order valence-corrected chi connectivity index (χ3v) is 4.19. The molecule has 0 radical (unpaired) electrons. The minimum Gasteiger partial charge on any atom is -0.480 e. The van der Waals surface area contributed by atoms with Crippen LogP contribution in [0.25, 0.3) is 0 Å². The van der Waals surface area contributed by atoms with Crippen LogP contribution in [0.1, 0.15) is 36.5 Å². The molecule has 0 aliphatic heterocycles. The van der Waals surface area contributed by atoms with E-state index in [0.29, 0.717) is 18.4 Å². The van der Waals surface area contributed by atoms with Crippen molar-refractivity contribution in [2.45, 2.75) is 31.7 Å². The van der Waals surface area contributed by atoms with Gasteiger partial charge >= 0.3 is 5.97 Å². The minimum atomic E-state index is -1.57. The highest BCUT2D eigenvalue weighted by molar-refractivity contribution is 5.97. The van der Waals surface area contributed by atoms with Gasteiger partial charge in [-0.3, -0.25) is 9.59 Å². The van der Waals surface area contributed by atoms with Gasteiger partial charge in [-0.25, -0.2) is 0 Å². The highest BCUT2D eigenvalue weighted by atomic mass is 19.2. The number of carbonyl (C=O) groups excluding carboxylic acids is 1. The first-order valence-electron chi connectivity index (χ1n) is 6.73. The van der Waals surface area contributed by atoms with Gasteiger partial charge in [0, 0.05) is 5.56 Å². The van der Waals surface area contributed by atoms with E-state index in [1.165, 1.54) is 0 Å². The van der Waals surface area contributed by atoms with Crippen LogP contribution in [-0.2, 0) is 4.79 Å². The molecule has 2 unspecified atom stereocenters. The lowest BCUT2D eigenvalue weighted by Gasteiger charge is -2.34. The monoisotopic (exact) mass is 279 g/mol. The summed E-state index contributed by atoms with van der Waals surface area (Å²) in [7, 11) is 0. The van der Waals surface area contributed by atoms with E-state index in [0.717, 1.165) is 0 Å². The Hall–Kier alpha value is -1.75. The minimum absolute atomic E-state index is 0.225. The van der Waals surface area contributed by atoms with Gasteiger partial charge in [0.05, 0.1) is 6.54 Å².